The average Bonchev–Trinajstić information content (AvgIpc) is 2.32. The summed E-state index contributed by atoms with van der Waals surface area (Å²) < 4.78 is 0. The van der Waals surface area contributed by atoms with Gasteiger partial charge < -0.3 is 0 Å². The Hall–Kier alpha value is -1.72. The van der Waals surface area contributed by atoms with Crippen LogP contribution in [0, 0.1) is 36.5 Å². The van der Waals surface area contributed by atoms with Crippen molar-refractivity contribution in [1.29, 1.82) is 0 Å². The number of hydrogen-bond donors (Lipinski definition) is 0. The van der Waals surface area contributed by atoms with Crippen molar-refractivity contribution in [2.45, 2.75) is 74.3 Å². The SMILES string of the molecule is CC(C)(C)C1=CC([N+](=O)[O-])(C(C)(C)C)CC(C(C)(C)C)=C1[N+](=O)[O-]. The summed E-state index contributed by atoms with van der Waals surface area (Å²) in [4.78, 5) is 23.3. The molecular formula is C18H30N2O4. The topological polar surface area (TPSA) is 86.3 Å². The van der Waals surface area contributed by atoms with E-state index in [2.05, 4.69) is 0 Å². The van der Waals surface area contributed by atoms with E-state index in [1.54, 1.807) is 6.08 Å². The number of nitrogens with zero attached hydrogens (tertiary/aromatic N) is 2. The van der Waals surface area contributed by atoms with E-state index < -0.39 is 21.8 Å². The normalized spacial score (nSPS) is 23.1. The van der Waals surface area contributed by atoms with Gasteiger partial charge in [0.25, 0.3) is 5.70 Å². The smallest absolute Gasteiger partial charge is 0.264 e. The van der Waals surface area contributed by atoms with Gasteiger partial charge in [-0.2, -0.15) is 0 Å². The maximum absolute atomic E-state index is 12.1. The molecule has 6 heteroatoms. The van der Waals surface area contributed by atoms with Crippen molar-refractivity contribution in [3.05, 3.63) is 43.1 Å². The molecule has 0 radical (unpaired) electrons. The maximum Gasteiger partial charge on any atom is 0.273 e. The van der Waals surface area contributed by atoms with Crippen LogP contribution in [0.2, 0.25) is 0 Å². The van der Waals surface area contributed by atoms with E-state index in [0.717, 1.165) is 0 Å². The lowest BCUT2D eigenvalue weighted by molar-refractivity contribution is -0.575. The molecule has 0 aromatic heterocycles. The first-order valence-electron chi connectivity index (χ1n) is 8.21. The lowest BCUT2D eigenvalue weighted by atomic mass is 9.61. The molecule has 0 aliphatic heterocycles. The molecule has 0 bridgehead atoms. The van der Waals surface area contributed by atoms with Gasteiger partial charge in [0.05, 0.1) is 11.3 Å². The van der Waals surface area contributed by atoms with Crippen LogP contribution in [-0.2, 0) is 0 Å². The fourth-order valence-electron chi connectivity index (χ4n) is 3.15. The van der Waals surface area contributed by atoms with Gasteiger partial charge in [-0.15, -0.1) is 0 Å². The Labute approximate surface area is 144 Å². The van der Waals surface area contributed by atoms with Crippen LogP contribution in [0.25, 0.3) is 0 Å². The van der Waals surface area contributed by atoms with Gasteiger partial charge in [0.15, 0.2) is 0 Å². The minimum Gasteiger partial charge on any atom is -0.264 e. The summed E-state index contributed by atoms with van der Waals surface area (Å²) in [5.41, 5.74) is -2.08. The maximum atomic E-state index is 12.1. The largest absolute Gasteiger partial charge is 0.273 e. The Balaban J connectivity index is 3.95. The van der Waals surface area contributed by atoms with Crippen molar-refractivity contribution >= 4 is 0 Å². The molecule has 0 spiro atoms. The van der Waals surface area contributed by atoms with Crippen molar-refractivity contribution in [3.63, 3.8) is 0 Å². The second kappa shape index (κ2) is 5.67. The monoisotopic (exact) mass is 338 g/mol. The molecule has 1 atom stereocenters. The van der Waals surface area contributed by atoms with Crippen molar-refractivity contribution < 1.29 is 9.85 Å². The molecule has 0 aromatic carbocycles. The van der Waals surface area contributed by atoms with Crippen LogP contribution in [0.3, 0.4) is 0 Å². The van der Waals surface area contributed by atoms with Crippen LogP contribution in [0.1, 0.15) is 68.7 Å². The highest BCUT2D eigenvalue weighted by Gasteiger charge is 2.58. The predicted molar refractivity (Wildman–Crippen MR) is 94.8 cm³/mol. The van der Waals surface area contributed by atoms with Crippen molar-refractivity contribution in [2.24, 2.45) is 16.2 Å². The van der Waals surface area contributed by atoms with E-state index in [1.807, 2.05) is 62.3 Å². The van der Waals surface area contributed by atoms with Gasteiger partial charge in [0.2, 0.25) is 5.54 Å². The van der Waals surface area contributed by atoms with Gasteiger partial charge in [-0.05, 0) is 10.8 Å². The fraction of sp³-hybridized carbons (Fsp3) is 0.778. The van der Waals surface area contributed by atoms with E-state index in [4.69, 9.17) is 0 Å². The summed E-state index contributed by atoms with van der Waals surface area (Å²) in [6, 6.07) is 0. The molecule has 0 heterocycles. The molecule has 0 amide bonds. The zero-order chi connectivity index (χ0) is 19.3. The molecule has 1 aliphatic rings. The number of hydrogen-bond acceptors (Lipinski definition) is 4. The third-order valence-corrected chi connectivity index (χ3v) is 4.89. The summed E-state index contributed by atoms with van der Waals surface area (Å²) in [6.07, 6.45) is 1.61. The summed E-state index contributed by atoms with van der Waals surface area (Å²) in [6.45, 7) is 16.7. The molecular weight excluding hydrogens is 308 g/mol. The lowest BCUT2D eigenvalue weighted by Gasteiger charge is -2.41. The van der Waals surface area contributed by atoms with Gasteiger partial charge >= 0.3 is 0 Å². The standard InChI is InChI=1S/C18H30N2O4/c1-15(2,3)12-10-18(20(23)24,17(7,8)9)11-13(16(4,5)6)14(12)19(21)22/h10H,11H2,1-9H3. The summed E-state index contributed by atoms with van der Waals surface area (Å²) >= 11 is 0. The second-order valence-electron chi connectivity index (χ2n) is 9.75. The fourth-order valence-corrected chi connectivity index (χ4v) is 3.15. The van der Waals surface area contributed by atoms with Gasteiger partial charge in [-0.3, -0.25) is 20.2 Å². The molecule has 0 aromatic rings. The number of nitro groups is 2. The Bertz CT molecular complexity index is 625. The highest BCUT2D eigenvalue weighted by atomic mass is 16.6. The van der Waals surface area contributed by atoms with Crippen molar-refractivity contribution in [1.82, 2.24) is 0 Å². The quantitative estimate of drug-likeness (QED) is 0.523. The predicted octanol–water partition coefficient (Wildman–Crippen LogP) is 5.00. The van der Waals surface area contributed by atoms with Crippen LogP contribution in [0.5, 0.6) is 0 Å². The summed E-state index contributed by atoms with van der Waals surface area (Å²) in [7, 11) is 0. The van der Waals surface area contributed by atoms with Crippen LogP contribution >= 0.6 is 0 Å². The molecule has 0 N–H and O–H groups in total. The van der Waals surface area contributed by atoms with Crippen LogP contribution < -0.4 is 0 Å². The Morgan fingerprint density at radius 1 is 0.917 bits per heavy atom. The van der Waals surface area contributed by atoms with Gasteiger partial charge in [-0.1, -0.05) is 62.3 Å². The molecule has 0 fully saturated rings. The van der Waals surface area contributed by atoms with Crippen LogP contribution in [-0.4, -0.2) is 15.4 Å². The highest BCUT2D eigenvalue weighted by molar-refractivity contribution is 5.44. The Morgan fingerprint density at radius 2 is 1.38 bits per heavy atom. The first kappa shape index (κ1) is 20.3. The molecule has 1 rings (SSSR count). The van der Waals surface area contributed by atoms with Gasteiger partial charge in [-0.25, -0.2) is 0 Å². The average molecular weight is 338 g/mol. The van der Waals surface area contributed by atoms with E-state index >= 15 is 0 Å². The molecule has 6 nitrogen and oxygen atoms in total. The molecule has 136 valence electrons. The minimum absolute atomic E-state index is 0.0525. The van der Waals surface area contributed by atoms with Gasteiger partial charge in [0, 0.05) is 27.6 Å². The zero-order valence-electron chi connectivity index (χ0n) is 16.3. The van der Waals surface area contributed by atoms with Crippen molar-refractivity contribution in [3.8, 4) is 0 Å². The Kier molecular flexibility index (Phi) is 4.80. The van der Waals surface area contributed by atoms with Crippen molar-refractivity contribution in [2.75, 3.05) is 0 Å². The van der Waals surface area contributed by atoms with E-state index in [9.17, 15) is 20.2 Å². The van der Waals surface area contributed by atoms with Crippen LogP contribution in [0.4, 0.5) is 0 Å². The highest BCUT2D eigenvalue weighted by Crippen LogP contribution is 2.52. The zero-order valence-corrected chi connectivity index (χ0v) is 16.3. The summed E-state index contributed by atoms with van der Waals surface area (Å²) in [5, 5.41) is 23.9. The van der Waals surface area contributed by atoms with E-state index in [-0.39, 0.29) is 22.0 Å². The van der Waals surface area contributed by atoms with E-state index in [1.165, 1.54) is 0 Å². The summed E-state index contributed by atoms with van der Waals surface area (Å²) in [5.74, 6) is 0. The second-order valence-corrected chi connectivity index (χ2v) is 9.75. The molecule has 24 heavy (non-hydrogen) atoms. The lowest BCUT2D eigenvalue weighted by Crippen LogP contribution is -2.52. The number of rotatable bonds is 2. The van der Waals surface area contributed by atoms with Gasteiger partial charge in [0.1, 0.15) is 0 Å². The molecule has 0 saturated carbocycles. The first-order valence-corrected chi connectivity index (χ1v) is 8.21. The third-order valence-electron chi connectivity index (χ3n) is 4.89. The molecule has 1 unspecified atom stereocenters. The minimum atomic E-state index is -1.36. The van der Waals surface area contributed by atoms with Crippen LogP contribution in [0.15, 0.2) is 22.9 Å². The first-order chi connectivity index (χ1) is 10.4. The number of allylic oxidation sites excluding steroid dienone is 1. The third kappa shape index (κ3) is 3.37. The molecule has 0 saturated heterocycles. The molecule has 1 aliphatic carbocycles. The Morgan fingerprint density at radius 3 is 1.62 bits per heavy atom. The van der Waals surface area contributed by atoms with E-state index in [0.29, 0.717) is 11.1 Å².